The highest BCUT2D eigenvalue weighted by Gasteiger charge is 2.34. The van der Waals surface area contributed by atoms with Crippen LogP contribution in [0.2, 0.25) is 0 Å². The lowest BCUT2D eigenvalue weighted by Crippen LogP contribution is -2.37. The number of anilines is 1. The molecule has 9 heteroatoms. The second kappa shape index (κ2) is 7.95. The molecular weight excluding hydrogens is 408 g/mol. The first-order valence-electron chi connectivity index (χ1n) is 9.67. The molecule has 2 aliphatic heterocycles. The van der Waals surface area contributed by atoms with Crippen LogP contribution in [0.1, 0.15) is 30.7 Å². The van der Waals surface area contributed by atoms with E-state index in [2.05, 4.69) is 29.8 Å². The Balaban J connectivity index is 1.50. The maximum Gasteiger partial charge on any atom is 0.237 e. The summed E-state index contributed by atoms with van der Waals surface area (Å²) in [5, 5.41) is 9.14. The van der Waals surface area contributed by atoms with Crippen molar-refractivity contribution in [2.75, 3.05) is 22.2 Å². The molecule has 1 fully saturated rings. The number of amides is 1. The Hall–Kier alpha value is -2.13. The van der Waals surface area contributed by atoms with Crippen molar-refractivity contribution >= 4 is 33.2 Å². The van der Waals surface area contributed by atoms with E-state index in [0.29, 0.717) is 23.9 Å². The summed E-state index contributed by atoms with van der Waals surface area (Å²) in [7, 11) is -3.01. The van der Waals surface area contributed by atoms with E-state index in [0.717, 1.165) is 12.1 Å². The van der Waals surface area contributed by atoms with Crippen molar-refractivity contribution in [3.63, 3.8) is 0 Å². The summed E-state index contributed by atoms with van der Waals surface area (Å²) in [6.45, 7) is 6.33. The number of nitrogens with zero attached hydrogens (tertiary/aromatic N) is 4. The van der Waals surface area contributed by atoms with E-state index in [1.54, 1.807) is 6.08 Å². The summed E-state index contributed by atoms with van der Waals surface area (Å²) in [5.41, 5.74) is 2.17. The Morgan fingerprint density at radius 2 is 2.14 bits per heavy atom. The molecule has 0 bridgehead atoms. The molecule has 0 radical (unpaired) electrons. The Morgan fingerprint density at radius 3 is 2.86 bits per heavy atom. The number of allylic oxidation sites excluding steroid dienone is 1. The maximum absolute atomic E-state index is 13.0. The third kappa shape index (κ3) is 3.98. The lowest BCUT2D eigenvalue weighted by Gasteiger charge is -2.22. The first-order chi connectivity index (χ1) is 13.9. The van der Waals surface area contributed by atoms with Gasteiger partial charge in [0.2, 0.25) is 5.91 Å². The highest BCUT2D eigenvalue weighted by atomic mass is 32.2. The Kier molecular flexibility index (Phi) is 5.52. The fourth-order valence-electron chi connectivity index (χ4n) is 4.15. The molecule has 2 atom stereocenters. The number of sulfone groups is 1. The number of benzene rings is 1. The van der Waals surface area contributed by atoms with Gasteiger partial charge in [-0.05, 0) is 31.4 Å². The average molecular weight is 433 g/mol. The lowest BCUT2D eigenvalue weighted by molar-refractivity contribution is -0.116. The van der Waals surface area contributed by atoms with Crippen LogP contribution in [0.15, 0.2) is 42.1 Å². The van der Waals surface area contributed by atoms with Gasteiger partial charge in [0.15, 0.2) is 15.0 Å². The summed E-state index contributed by atoms with van der Waals surface area (Å²) < 4.78 is 25.6. The smallest absolute Gasteiger partial charge is 0.237 e. The Bertz CT molecular complexity index is 1050. The van der Waals surface area contributed by atoms with Crippen LogP contribution in [-0.2, 0) is 27.6 Å². The van der Waals surface area contributed by atoms with Gasteiger partial charge in [-0.3, -0.25) is 4.79 Å². The first kappa shape index (κ1) is 20.2. The highest BCUT2D eigenvalue weighted by Crippen LogP contribution is 2.34. The number of hydrogen-bond acceptors (Lipinski definition) is 6. The fourth-order valence-corrected chi connectivity index (χ4v) is 6.70. The molecule has 0 spiro atoms. The van der Waals surface area contributed by atoms with Gasteiger partial charge in [-0.1, -0.05) is 36.0 Å². The molecule has 1 aromatic heterocycles. The molecule has 2 aromatic rings. The van der Waals surface area contributed by atoms with Crippen molar-refractivity contribution in [1.29, 1.82) is 0 Å². The van der Waals surface area contributed by atoms with Gasteiger partial charge in [0.1, 0.15) is 5.82 Å². The number of carbonyl (C=O) groups excluding carboxylic acids is 1. The van der Waals surface area contributed by atoms with Gasteiger partial charge in [-0.2, -0.15) is 0 Å². The van der Waals surface area contributed by atoms with Crippen LogP contribution in [-0.4, -0.2) is 52.4 Å². The number of carbonyl (C=O) groups is 1. The van der Waals surface area contributed by atoms with Crippen LogP contribution in [0.25, 0.3) is 0 Å². The minimum absolute atomic E-state index is 0.0330. The van der Waals surface area contributed by atoms with Crippen LogP contribution in [0.4, 0.5) is 5.69 Å². The first-order valence-corrected chi connectivity index (χ1v) is 12.5. The van der Waals surface area contributed by atoms with E-state index in [9.17, 15) is 13.2 Å². The van der Waals surface area contributed by atoms with Crippen molar-refractivity contribution < 1.29 is 13.2 Å². The molecular formula is C20H24N4O3S2. The second-order valence-corrected chi connectivity index (χ2v) is 10.7. The van der Waals surface area contributed by atoms with Gasteiger partial charge < -0.3 is 9.47 Å². The molecule has 2 aliphatic rings. The Morgan fingerprint density at radius 1 is 1.34 bits per heavy atom. The van der Waals surface area contributed by atoms with E-state index >= 15 is 0 Å². The Labute approximate surface area is 175 Å². The second-order valence-electron chi connectivity index (χ2n) is 7.57. The minimum atomic E-state index is -3.01. The third-order valence-electron chi connectivity index (χ3n) is 5.46. The van der Waals surface area contributed by atoms with Gasteiger partial charge in [-0.25, -0.2) is 8.42 Å². The molecule has 1 amide bonds. The normalized spacial score (nSPS) is 22.6. The lowest BCUT2D eigenvalue weighted by atomic mass is 10.1. The van der Waals surface area contributed by atoms with Crippen LogP contribution >= 0.6 is 11.8 Å². The van der Waals surface area contributed by atoms with Crippen LogP contribution in [0.5, 0.6) is 0 Å². The minimum Gasteiger partial charge on any atom is -0.308 e. The quantitative estimate of drug-likeness (QED) is 0.515. The molecule has 2 unspecified atom stereocenters. The molecule has 1 saturated heterocycles. The predicted molar refractivity (Wildman–Crippen MR) is 114 cm³/mol. The van der Waals surface area contributed by atoms with Gasteiger partial charge in [-0.15, -0.1) is 16.8 Å². The highest BCUT2D eigenvalue weighted by molar-refractivity contribution is 7.99. The predicted octanol–water partition coefficient (Wildman–Crippen LogP) is 2.44. The van der Waals surface area contributed by atoms with E-state index in [1.165, 1.54) is 17.3 Å². The van der Waals surface area contributed by atoms with Crippen molar-refractivity contribution in [3.05, 3.63) is 48.3 Å². The van der Waals surface area contributed by atoms with Crippen LogP contribution in [0.3, 0.4) is 0 Å². The molecule has 3 heterocycles. The number of para-hydroxylation sites is 1. The zero-order chi connectivity index (χ0) is 20.6. The van der Waals surface area contributed by atoms with E-state index in [4.69, 9.17) is 0 Å². The number of fused-ring (bicyclic) bond motifs is 1. The summed E-state index contributed by atoms with van der Waals surface area (Å²) in [5.74, 6) is 1.09. The third-order valence-corrected chi connectivity index (χ3v) is 8.17. The molecule has 154 valence electrons. The number of thioether (sulfide) groups is 1. The average Bonchev–Trinajstić information content (AvgIpc) is 3.34. The number of aromatic nitrogens is 3. The maximum atomic E-state index is 13.0. The molecule has 1 aromatic carbocycles. The van der Waals surface area contributed by atoms with E-state index < -0.39 is 9.84 Å². The largest absolute Gasteiger partial charge is 0.308 e. The van der Waals surface area contributed by atoms with Crippen molar-refractivity contribution in [3.8, 4) is 0 Å². The van der Waals surface area contributed by atoms with E-state index in [-0.39, 0.29) is 35.1 Å². The van der Waals surface area contributed by atoms with Gasteiger partial charge in [0.25, 0.3) is 0 Å². The summed E-state index contributed by atoms with van der Waals surface area (Å²) >= 11 is 1.34. The van der Waals surface area contributed by atoms with E-state index in [1.807, 2.05) is 27.7 Å². The number of hydrogen-bond donors (Lipinski definition) is 0. The number of rotatable bonds is 6. The summed E-state index contributed by atoms with van der Waals surface area (Å²) in [6, 6.07) is 8.13. The molecule has 7 nitrogen and oxygen atoms in total. The molecule has 0 saturated carbocycles. The SMILES string of the molecule is C=CCn1c(SCC(=O)N2c3ccccc3CC2C)nnc1C1CCS(=O)(=O)C1. The summed E-state index contributed by atoms with van der Waals surface area (Å²) in [4.78, 5) is 14.8. The molecule has 29 heavy (non-hydrogen) atoms. The zero-order valence-electron chi connectivity index (χ0n) is 16.3. The van der Waals surface area contributed by atoms with Gasteiger partial charge >= 0.3 is 0 Å². The molecule has 0 N–H and O–H groups in total. The van der Waals surface area contributed by atoms with Gasteiger partial charge in [0, 0.05) is 24.2 Å². The van der Waals surface area contributed by atoms with Crippen molar-refractivity contribution in [2.45, 2.75) is 43.4 Å². The van der Waals surface area contributed by atoms with Crippen LogP contribution < -0.4 is 4.90 Å². The standard InChI is InChI=1S/C20H24N4O3S2/c1-3-9-23-19(16-8-10-29(26,27)13-16)21-22-20(23)28-12-18(25)24-14(2)11-15-6-4-5-7-17(15)24/h3-7,14,16H,1,8-13H2,2H3. The molecule has 0 aliphatic carbocycles. The van der Waals surface area contributed by atoms with Crippen molar-refractivity contribution in [2.24, 2.45) is 0 Å². The topological polar surface area (TPSA) is 85.2 Å². The molecule has 4 rings (SSSR count). The zero-order valence-corrected chi connectivity index (χ0v) is 18.0. The monoisotopic (exact) mass is 432 g/mol. The van der Waals surface area contributed by atoms with Crippen molar-refractivity contribution in [1.82, 2.24) is 14.8 Å². The summed E-state index contributed by atoms with van der Waals surface area (Å²) in [6.07, 6.45) is 3.16. The fraction of sp³-hybridized carbons (Fsp3) is 0.450. The van der Waals surface area contributed by atoms with Crippen LogP contribution in [0, 0.1) is 0 Å². The van der Waals surface area contributed by atoms with Gasteiger partial charge in [0.05, 0.1) is 17.3 Å².